The monoisotopic (exact) mass is 225 g/mol. The Kier molecular flexibility index (Phi) is 4.45. The maximum absolute atomic E-state index is 4.57. The predicted octanol–water partition coefficient (Wildman–Crippen LogP) is 4.11. The second-order valence-electron chi connectivity index (χ2n) is 5.72. The molecule has 0 aromatic carbocycles. The van der Waals surface area contributed by atoms with Gasteiger partial charge in [0.2, 0.25) is 0 Å². The summed E-state index contributed by atoms with van der Waals surface area (Å²) in [5.41, 5.74) is 3.20. The third-order valence-corrected chi connectivity index (χ3v) is 2.90. The van der Waals surface area contributed by atoms with Gasteiger partial charge < -0.3 is 0 Å². The molecule has 1 unspecified atom stereocenters. The third-order valence-electron chi connectivity index (χ3n) is 2.68. The highest BCUT2D eigenvalue weighted by Crippen LogP contribution is 2.30. The van der Waals surface area contributed by atoms with Gasteiger partial charge in [0, 0.05) is 11.9 Å². The first kappa shape index (κ1) is 12.8. The average Bonchev–Trinajstić information content (AvgIpc) is 2.07. The summed E-state index contributed by atoms with van der Waals surface area (Å²) in [5, 5.41) is 0. The minimum Gasteiger partial charge on any atom is -0.265 e. The van der Waals surface area contributed by atoms with E-state index in [1.807, 2.05) is 0 Å². The van der Waals surface area contributed by atoms with Gasteiger partial charge >= 0.3 is 0 Å². The summed E-state index contributed by atoms with van der Waals surface area (Å²) in [6.07, 6.45) is 5.46. The first-order valence-electron chi connectivity index (χ1n) is 5.78. The molecule has 0 spiro atoms. The van der Waals surface area contributed by atoms with Crippen molar-refractivity contribution in [1.82, 2.24) is 0 Å². The lowest BCUT2D eigenvalue weighted by Gasteiger charge is -2.25. The van der Waals surface area contributed by atoms with E-state index in [0.717, 1.165) is 18.6 Å². The van der Waals surface area contributed by atoms with Crippen LogP contribution in [0.15, 0.2) is 16.8 Å². The number of rotatable bonds is 3. The molecule has 1 rings (SSSR count). The van der Waals surface area contributed by atoms with Crippen LogP contribution in [0, 0.1) is 11.3 Å². The number of hydrogen-bond acceptors (Lipinski definition) is 2. The van der Waals surface area contributed by atoms with Crippen molar-refractivity contribution >= 4 is 18.3 Å². The topological polar surface area (TPSA) is 12.4 Å². The molecule has 86 valence electrons. The number of allylic oxidation sites excluding steroid dienone is 1. The van der Waals surface area contributed by atoms with Crippen molar-refractivity contribution in [3.63, 3.8) is 0 Å². The van der Waals surface area contributed by atoms with Gasteiger partial charge in [0.05, 0.1) is 0 Å². The molecule has 0 aliphatic carbocycles. The van der Waals surface area contributed by atoms with Crippen LogP contribution in [0.3, 0.4) is 0 Å². The maximum Gasteiger partial charge on any atom is 0.0259 e. The van der Waals surface area contributed by atoms with E-state index < -0.39 is 0 Å². The van der Waals surface area contributed by atoms with Crippen molar-refractivity contribution in [2.45, 2.75) is 47.0 Å². The molecular formula is C13H23NS. The normalized spacial score (nSPS) is 22.3. The van der Waals surface area contributed by atoms with Crippen molar-refractivity contribution in [3.05, 3.63) is 11.8 Å². The molecule has 0 bridgehead atoms. The molecule has 0 saturated heterocycles. The van der Waals surface area contributed by atoms with Gasteiger partial charge in [0.25, 0.3) is 0 Å². The molecule has 1 atom stereocenters. The van der Waals surface area contributed by atoms with Crippen molar-refractivity contribution in [2.75, 3.05) is 5.75 Å². The molecule has 1 aliphatic heterocycles. The quantitative estimate of drug-likeness (QED) is 0.694. The van der Waals surface area contributed by atoms with Gasteiger partial charge in [0.1, 0.15) is 0 Å². The smallest absolute Gasteiger partial charge is 0.0259 e. The van der Waals surface area contributed by atoms with Gasteiger partial charge in [-0.3, -0.25) is 4.99 Å². The zero-order valence-corrected chi connectivity index (χ0v) is 11.3. The van der Waals surface area contributed by atoms with E-state index in [0.29, 0.717) is 11.3 Å². The molecule has 0 N–H and O–H groups in total. The Morgan fingerprint density at radius 3 is 2.60 bits per heavy atom. The highest BCUT2D eigenvalue weighted by atomic mass is 32.1. The van der Waals surface area contributed by atoms with Gasteiger partial charge in [-0.2, -0.15) is 12.6 Å². The lowest BCUT2D eigenvalue weighted by atomic mass is 9.83. The number of nitrogens with zero attached hydrogens (tertiary/aromatic N) is 1. The fraction of sp³-hybridized carbons (Fsp3) is 0.769. The Labute approximate surface area is 99.5 Å². The standard InChI is InChI=1S/C13H23NS/c1-10-7-11(8-13(2,3)4)9-14-12(10)5-6-15/h9-10,15H,5-8H2,1-4H3. The van der Waals surface area contributed by atoms with E-state index in [1.54, 1.807) is 0 Å². The molecule has 1 nitrogen and oxygen atoms in total. The number of thiol groups is 1. The molecule has 15 heavy (non-hydrogen) atoms. The van der Waals surface area contributed by atoms with Crippen LogP contribution in [-0.2, 0) is 0 Å². The molecule has 0 saturated carbocycles. The van der Waals surface area contributed by atoms with E-state index in [1.165, 1.54) is 17.7 Å². The van der Waals surface area contributed by atoms with Gasteiger partial charge in [-0.1, -0.05) is 33.3 Å². The summed E-state index contributed by atoms with van der Waals surface area (Å²) in [4.78, 5) is 4.57. The molecular weight excluding hydrogens is 202 g/mol. The van der Waals surface area contributed by atoms with Crippen molar-refractivity contribution in [1.29, 1.82) is 0 Å². The SMILES string of the molecule is CC1CC(CC(C)(C)C)=CN=C1CCS. The van der Waals surface area contributed by atoms with E-state index in [2.05, 4.69) is 51.5 Å². The molecule has 0 fully saturated rings. The molecule has 0 aromatic rings. The fourth-order valence-electron chi connectivity index (χ4n) is 2.09. The van der Waals surface area contributed by atoms with Crippen molar-refractivity contribution in [2.24, 2.45) is 16.3 Å². The first-order chi connectivity index (χ1) is 6.92. The van der Waals surface area contributed by atoms with Gasteiger partial charge in [-0.05, 0) is 36.3 Å². The van der Waals surface area contributed by atoms with Crippen LogP contribution in [0.2, 0.25) is 0 Å². The Hall–Kier alpha value is -0.240. The first-order valence-corrected chi connectivity index (χ1v) is 6.41. The van der Waals surface area contributed by atoms with E-state index in [-0.39, 0.29) is 0 Å². The second-order valence-corrected chi connectivity index (χ2v) is 6.17. The summed E-state index contributed by atoms with van der Waals surface area (Å²) in [6.45, 7) is 9.13. The largest absolute Gasteiger partial charge is 0.265 e. The fourth-order valence-corrected chi connectivity index (χ4v) is 2.32. The summed E-state index contributed by atoms with van der Waals surface area (Å²) in [5.74, 6) is 1.52. The van der Waals surface area contributed by atoms with Crippen LogP contribution < -0.4 is 0 Å². The predicted molar refractivity (Wildman–Crippen MR) is 71.8 cm³/mol. The van der Waals surface area contributed by atoms with E-state index in [4.69, 9.17) is 0 Å². The highest BCUT2D eigenvalue weighted by Gasteiger charge is 2.20. The summed E-state index contributed by atoms with van der Waals surface area (Å²) in [6, 6.07) is 0. The van der Waals surface area contributed by atoms with Gasteiger partial charge in [-0.15, -0.1) is 0 Å². The van der Waals surface area contributed by atoms with Crippen LogP contribution in [0.4, 0.5) is 0 Å². The molecule has 1 heterocycles. The number of aliphatic imine (C=N–C) groups is 1. The van der Waals surface area contributed by atoms with Crippen LogP contribution in [-0.4, -0.2) is 11.5 Å². The molecule has 2 heteroatoms. The third kappa shape index (κ3) is 4.42. The van der Waals surface area contributed by atoms with Crippen molar-refractivity contribution in [3.8, 4) is 0 Å². The van der Waals surface area contributed by atoms with E-state index in [9.17, 15) is 0 Å². The van der Waals surface area contributed by atoms with Gasteiger partial charge in [0.15, 0.2) is 0 Å². The number of hydrogen-bond donors (Lipinski definition) is 1. The zero-order valence-electron chi connectivity index (χ0n) is 10.4. The Balaban J connectivity index is 2.64. The van der Waals surface area contributed by atoms with Crippen molar-refractivity contribution < 1.29 is 0 Å². The van der Waals surface area contributed by atoms with Crippen LogP contribution in [0.5, 0.6) is 0 Å². The average molecular weight is 225 g/mol. The zero-order chi connectivity index (χ0) is 11.5. The van der Waals surface area contributed by atoms with Gasteiger partial charge in [-0.25, -0.2) is 0 Å². The van der Waals surface area contributed by atoms with Crippen LogP contribution in [0.1, 0.15) is 47.0 Å². The minimum atomic E-state index is 0.377. The Bertz CT molecular complexity index is 271. The lowest BCUT2D eigenvalue weighted by Crippen LogP contribution is -2.18. The Morgan fingerprint density at radius 1 is 1.47 bits per heavy atom. The summed E-state index contributed by atoms with van der Waals surface area (Å²) >= 11 is 4.26. The Morgan fingerprint density at radius 2 is 2.13 bits per heavy atom. The molecule has 0 amide bonds. The van der Waals surface area contributed by atoms with Crippen LogP contribution >= 0.6 is 12.6 Å². The van der Waals surface area contributed by atoms with E-state index >= 15 is 0 Å². The second kappa shape index (κ2) is 5.20. The summed E-state index contributed by atoms with van der Waals surface area (Å²) in [7, 11) is 0. The highest BCUT2D eigenvalue weighted by molar-refractivity contribution is 7.80. The summed E-state index contributed by atoms with van der Waals surface area (Å²) < 4.78 is 0. The van der Waals surface area contributed by atoms with Crippen LogP contribution in [0.25, 0.3) is 0 Å². The minimum absolute atomic E-state index is 0.377. The molecule has 0 aromatic heterocycles. The maximum atomic E-state index is 4.57. The molecule has 0 radical (unpaired) electrons. The lowest BCUT2D eigenvalue weighted by molar-refractivity contribution is 0.399. The molecule has 1 aliphatic rings.